The van der Waals surface area contributed by atoms with E-state index in [1.165, 1.54) is 24.6 Å². The van der Waals surface area contributed by atoms with Crippen LogP contribution < -0.4 is 10.2 Å². The summed E-state index contributed by atoms with van der Waals surface area (Å²) in [4.78, 5) is 22.9. The van der Waals surface area contributed by atoms with Crippen molar-refractivity contribution in [1.29, 1.82) is 0 Å². The number of hydrogen-bond acceptors (Lipinski definition) is 5. The first kappa shape index (κ1) is 17.0. The molecule has 1 aliphatic heterocycles. The van der Waals surface area contributed by atoms with Crippen LogP contribution in [0.2, 0.25) is 5.15 Å². The fourth-order valence-corrected chi connectivity index (χ4v) is 3.45. The number of thioether (sulfide) groups is 1. The number of benzene rings is 1. The second-order valence-electron chi connectivity index (χ2n) is 5.58. The molecule has 0 radical (unpaired) electrons. The van der Waals surface area contributed by atoms with Crippen LogP contribution in [0, 0.1) is 0 Å². The van der Waals surface area contributed by atoms with Crippen molar-refractivity contribution in [3.8, 4) is 0 Å². The van der Waals surface area contributed by atoms with Crippen LogP contribution in [-0.2, 0) is 11.3 Å². The molecule has 24 heavy (non-hydrogen) atoms. The Morgan fingerprint density at radius 1 is 1.21 bits per heavy atom. The predicted molar refractivity (Wildman–Crippen MR) is 97.5 cm³/mol. The van der Waals surface area contributed by atoms with Gasteiger partial charge in [-0.15, -0.1) is 0 Å². The summed E-state index contributed by atoms with van der Waals surface area (Å²) in [5.74, 6) is 1.07. The van der Waals surface area contributed by atoms with E-state index in [1.807, 2.05) is 30.3 Å². The Kier molecular flexibility index (Phi) is 5.93. The lowest BCUT2D eigenvalue weighted by atomic mass is 10.2. The molecule has 1 saturated heterocycles. The highest BCUT2D eigenvalue weighted by Gasteiger charge is 2.16. The molecule has 0 bridgehead atoms. The van der Waals surface area contributed by atoms with E-state index in [4.69, 9.17) is 11.6 Å². The smallest absolute Gasteiger partial charge is 0.230 e. The van der Waals surface area contributed by atoms with Gasteiger partial charge in [-0.3, -0.25) is 4.79 Å². The van der Waals surface area contributed by atoms with Gasteiger partial charge in [0.1, 0.15) is 11.0 Å². The average molecular weight is 363 g/mol. The molecule has 1 amide bonds. The molecule has 0 spiro atoms. The van der Waals surface area contributed by atoms with Crippen LogP contribution >= 0.6 is 23.4 Å². The van der Waals surface area contributed by atoms with Crippen molar-refractivity contribution in [3.05, 3.63) is 47.1 Å². The Morgan fingerprint density at radius 3 is 2.71 bits per heavy atom. The lowest BCUT2D eigenvalue weighted by Gasteiger charge is -2.16. The summed E-state index contributed by atoms with van der Waals surface area (Å²) in [5.41, 5.74) is 1.08. The first-order valence-electron chi connectivity index (χ1n) is 7.94. The van der Waals surface area contributed by atoms with Gasteiger partial charge >= 0.3 is 0 Å². The number of carbonyl (C=O) groups excluding carboxylic acids is 1. The van der Waals surface area contributed by atoms with Gasteiger partial charge in [0.05, 0.1) is 5.75 Å². The summed E-state index contributed by atoms with van der Waals surface area (Å²) < 4.78 is 0. The van der Waals surface area contributed by atoms with E-state index in [0.29, 0.717) is 16.9 Å². The lowest BCUT2D eigenvalue weighted by molar-refractivity contribution is -0.118. The van der Waals surface area contributed by atoms with Gasteiger partial charge in [-0.25, -0.2) is 9.97 Å². The van der Waals surface area contributed by atoms with Gasteiger partial charge in [0, 0.05) is 25.7 Å². The molecule has 0 aliphatic carbocycles. The quantitative estimate of drug-likeness (QED) is 0.486. The Balaban J connectivity index is 1.53. The molecule has 126 valence electrons. The Morgan fingerprint density at radius 2 is 1.96 bits per heavy atom. The molecule has 1 aliphatic rings. The summed E-state index contributed by atoms with van der Waals surface area (Å²) in [7, 11) is 0. The van der Waals surface area contributed by atoms with E-state index < -0.39 is 0 Å². The zero-order valence-corrected chi connectivity index (χ0v) is 14.8. The van der Waals surface area contributed by atoms with E-state index in [9.17, 15) is 4.79 Å². The molecule has 1 fully saturated rings. The molecule has 1 aromatic heterocycles. The van der Waals surface area contributed by atoms with Gasteiger partial charge < -0.3 is 10.2 Å². The fraction of sp³-hybridized carbons (Fsp3) is 0.353. The van der Waals surface area contributed by atoms with Crippen LogP contribution in [-0.4, -0.2) is 34.7 Å². The summed E-state index contributed by atoms with van der Waals surface area (Å²) in [6, 6.07) is 11.6. The minimum Gasteiger partial charge on any atom is -0.356 e. The number of aromatic nitrogens is 2. The van der Waals surface area contributed by atoms with Crippen LogP contribution in [0.3, 0.4) is 0 Å². The number of nitrogens with zero attached hydrogens (tertiary/aromatic N) is 3. The predicted octanol–water partition coefficient (Wildman–Crippen LogP) is 3.14. The maximum atomic E-state index is 12.0. The molecule has 0 atom stereocenters. The fourth-order valence-electron chi connectivity index (χ4n) is 2.54. The third-order valence-corrected chi connectivity index (χ3v) is 4.80. The van der Waals surface area contributed by atoms with Gasteiger partial charge in [0.2, 0.25) is 5.91 Å². The lowest BCUT2D eigenvalue weighted by Crippen LogP contribution is -2.24. The average Bonchev–Trinajstić information content (AvgIpc) is 3.13. The molecular weight excluding hydrogens is 344 g/mol. The summed E-state index contributed by atoms with van der Waals surface area (Å²) >= 11 is 7.40. The second kappa shape index (κ2) is 8.35. The summed E-state index contributed by atoms with van der Waals surface area (Å²) in [6.45, 7) is 2.51. The molecule has 0 unspecified atom stereocenters. The molecular formula is C17H19ClN4OS. The molecule has 5 nitrogen and oxygen atoms in total. The van der Waals surface area contributed by atoms with Gasteiger partial charge in [0.25, 0.3) is 0 Å². The highest BCUT2D eigenvalue weighted by Crippen LogP contribution is 2.24. The van der Waals surface area contributed by atoms with Crippen LogP contribution in [0.4, 0.5) is 5.82 Å². The van der Waals surface area contributed by atoms with Gasteiger partial charge in [-0.1, -0.05) is 53.7 Å². The van der Waals surface area contributed by atoms with Crippen LogP contribution in [0.25, 0.3) is 0 Å². The zero-order valence-electron chi connectivity index (χ0n) is 13.2. The Labute approximate surface area is 150 Å². The number of rotatable bonds is 6. The number of carbonyl (C=O) groups is 1. The van der Waals surface area contributed by atoms with Crippen molar-refractivity contribution in [3.63, 3.8) is 0 Å². The van der Waals surface area contributed by atoms with Crippen LogP contribution in [0.15, 0.2) is 41.6 Å². The number of amides is 1. The largest absolute Gasteiger partial charge is 0.356 e. The Hall–Kier alpha value is -1.79. The number of halogens is 1. The van der Waals surface area contributed by atoms with Crippen LogP contribution in [0.5, 0.6) is 0 Å². The highest BCUT2D eigenvalue weighted by molar-refractivity contribution is 7.99. The second-order valence-corrected chi connectivity index (χ2v) is 6.91. The van der Waals surface area contributed by atoms with Crippen molar-refractivity contribution in [2.24, 2.45) is 0 Å². The molecule has 3 rings (SSSR count). The molecule has 0 saturated carbocycles. The topological polar surface area (TPSA) is 58.1 Å². The third-order valence-electron chi connectivity index (χ3n) is 3.76. The number of hydrogen-bond donors (Lipinski definition) is 1. The van der Waals surface area contributed by atoms with E-state index in [-0.39, 0.29) is 11.7 Å². The van der Waals surface area contributed by atoms with E-state index in [0.717, 1.165) is 24.5 Å². The number of nitrogens with one attached hydrogen (secondary N) is 1. The van der Waals surface area contributed by atoms with Gasteiger partial charge in [-0.05, 0) is 18.4 Å². The summed E-state index contributed by atoms with van der Waals surface area (Å²) in [6.07, 6.45) is 2.35. The first-order chi connectivity index (χ1) is 11.7. The van der Waals surface area contributed by atoms with Crippen molar-refractivity contribution >= 4 is 35.1 Å². The van der Waals surface area contributed by atoms with Crippen molar-refractivity contribution in [1.82, 2.24) is 15.3 Å². The van der Waals surface area contributed by atoms with Crippen molar-refractivity contribution < 1.29 is 4.79 Å². The minimum absolute atomic E-state index is 0.0462. The van der Waals surface area contributed by atoms with E-state index in [1.54, 1.807) is 6.07 Å². The van der Waals surface area contributed by atoms with E-state index >= 15 is 0 Å². The Bertz CT molecular complexity index is 692. The zero-order chi connectivity index (χ0) is 16.8. The van der Waals surface area contributed by atoms with E-state index in [2.05, 4.69) is 20.2 Å². The third kappa shape index (κ3) is 4.85. The molecule has 2 aromatic rings. The maximum Gasteiger partial charge on any atom is 0.230 e. The molecule has 7 heteroatoms. The minimum atomic E-state index is -0.0462. The first-order valence-corrected chi connectivity index (χ1v) is 9.30. The number of anilines is 1. The molecule has 1 N–H and O–H groups in total. The van der Waals surface area contributed by atoms with Gasteiger partial charge in [0.15, 0.2) is 5.16 Å². The standard InChI is InChI=1S/C17H19ClN4OS/c18-14-10-15(22-8-4-5-9-22)21-17(20-14)24-12-16(23)19-11-13-6-2-1-3-7-13/h1-3,6-7,10H,4-5,8-9,11-12H2,(H,19,23). The molecule has 1 aromatic carbocycles. The normalized spacial score (nSPS) is 14.0. The van der Waals surface area contributed by atoms with Crippen LogP contribution in [0.1, 0.15) is 18.4 Å². The molecule has 2 heterocycles. The van der Waals surface area contributed by atoms with Crippen molar-refractivity contribution in [2.75, 3.05) is 23.7 Å². The monoisotopic (exact) mass is 362 g/mol. The summed E-state index contributed by atoms with van der Waals surface area (Å²) in [5, 5.41) is 3.85. The van der Waals surface area contributed by atoms with Gasteiger partial charge in [-0.2, -0.15) is 0 Å². The van der Waals surface area contributed by atoms with Crippen molar-refractivity contribution in [2.45, 2.75) is 24.5 Å². The highest BCUT2D eigenvalue weighted by atomic mass is 35.5. The maximum absolute atomic E-state index is 12.0. The SMILES string of the molecule is O=C(CSc1nc(Cl)cc(N2CCCC2)n1)NCc1ccccc1.